The summed E-state index contributed by atoms with van der Waals surface area (Å²) in [7, 11) is 0. The molecule has 124 valence electrons. The van der Waals surface area contributed by atoms with E-state index in [1.54, 1.807) is 18.1 Å². The van der Waals surface area contributed by atoms with Crippen molar-refractivity contribution in [2.45, 2.75) is 24.6 Å². The molecule has 4 aromatic rings. The van der Waals surface area contributed by atoms with Gasteiger partial charge in [0.15, 0.2) is 5.65 Å². The zero-order valence-electron chi connectivity index (χ0n) is 14.2. The van der Waals surface area contributed by atoms with Crippen LogP contribution in [0.3, 0.4) is 0 Å². The summed E-state index contributed by atoms with van der Waals surface area (Å²) in [6, 6.07) is 16.7. The second-order valence-corrected chi connectivity index (χ2v) is 7.06. The summed E-state index contributed by atoms with van der Waals surface area (Å²) in [4.78, 5) is 8.91. The average molecular weight is 346 g/mol. The molecule has 0 radical (unpaired) electrons. The smallest absolute Gasteiger partial charge is 0.167 e. The van der Waals surface area contributed by atoms with Crippen LogP contribution in [-0.2, 0) is 5.75 Å². The summed E-state index contributed by atoms with van der Waals surface area (Å²) >= 11 is 1.72. The molecule has 4 rings (SSSR count). The molecule has 0 aliphatic carbocycles. The number of hydrogen-bond acceptors (Lipinski definition) is 4. The molecule has 0 bridgehead atoms. The monoisotopic (exact) mass is 346 g/mol. The van der Waals surface area contributed by atoms with Crippen LogP contribution in [0.4, 0.5) is 0 Å². The Kier molecular flexibility index (Phi) is 4.24. The second-order valence-electron chi connectivity index (χ2n) is 6.09. The number of hydrogen-bond donors (Lipinski definition) is 0. The van der Waals surface area contributed by atoms with Gasteiger partial charge in [-0.3, -0.25) is 0 Å². The third-order valence-electron chi connectivity index (χ3n) is 3.99. The van der Waals surface area contributed by atoms with E-state index in [1.165, 1.54) is 16.7 Å². The van der Waals surface area contributed by atoms with Crippen molar-refractivity contribution in [3.8, 4) is 5.69 Å². The van der Waals surface area contributed by atoms with Gasteiger partial charge in [0.2, 0.25) is 0 Å². The highest BCUT2D eigenvalue weighted by Gasteiger charge is 2.11. The summed E-state index contributed by atoms with van der Waals surface area (Å²) in [5.41, 5.74) is 5.73. The van der Waals surface area contributed by atoms with Crippen molar-refractivity contribution in [3.05, 3.63) is 77.7 Å². The molecule has 5 heteroatoms. The number of rotatable bonds is 4. The Balaban J connectivity index is 1.66. The third kappa shape index (κ3) is 3.28. The zero-order chi connectivity index (χ0) is 17.2. The highest BCUT2D eigenvalue weighted by Crippen LogP contribution is 2.28. The molecule has 0 saturated heterocycles. The van der Waals surface area contributed by atoms with Gasteiger partial charge >= 0.3 is 0 Å². The van der Waals surface area contributed by atoms with Crippen molar-refractivity contribution in [1.82, 2.24) is 19.7 Å². The molecular formula is C20H18N4S. The van der Waals surface area contributed by atoms with Gasteiger partial charge in [0.1, 0.15) is 11.4 Å². The van der Waals surface area contributed by atoms with Gasteiger partial charge in [0.25, 0.3) is 0 Å². The topological polar surface area (TPSA) is 43.6 Å². The van der Waals surface area contributed by atoms with Crippen molar-refractivity contribution in [2.24, 2.45) is 0 Å². The van der Waals surface area contributed by atoms with Crippen LogP contribution in [0.2, 0.25) is 0 Å². The Morgan fingerprint density at radius 3 is 2.48 bits per heavy atom. The number of para-hydroxylation sites is 1. The fourth-order valence-electron chi connectivity index (χ4n) is 3.00. The minimum Gasteiger partial charge on any atom is -0.229 e. The van der Waals surface area contributed by atoms with Gasteiger partial charge in [-0.2, -0.15) is 5.10 Å². The maximum absolute atomic E-state index is 4.51. The maximum atomic E-state index is 4.51. The third-order valence-corrected chi connectivity index (χ3v) is 5.06. The zero-order valence-corrected chi connectivity index (χ0v) is 15.0. The van der Waals surface area contributed by atoms with Gasteiger partial charge in [-0.25, -0.2) is 14.6 Å². The summed E-state index contributed by atoms with van der Waals surface area (Å²) in [6.45, 7) is 4.27. The number of aryl methyl sites for hydroxylation is 2. The normalized spacial score (nSPS) is 11.1. The van der Waals surface area contributed by atoms with Gasteiger partial charge in [-0.05, 0) is 31.5 Å². The van der Waals surface area contributed by atoms with E-state index >= 15 is 0 Å². The lowest BCUT2D eigenvalue weighted by atomic mass is 10.1. The fourth-order valence-corrected chi connectivity index (χ4v) is 3.89. The minimum absolute atomic E-state index is 0.837. The Bertz CT molecular complexity index is 1000. The van der Waals surface area contributed by atoms with E-state index in [9.17, 15) is 0 Å². The van der Waals surface area contributed by atoms with Crippen molar-refractivity contribution in [3.63, 3.8) is 0 Å². The summed E-state index contributed by atoms with van der Waals surface area (Å²) < 4.78 is 1.86. The van der Waals surface area contributed by atoms with Crippen LogP contribution in [0, 0.1) is 13.8 Å². The van der Waals surface area contributed by atoms with E-state index in [1.807, 2.05) is 41.2 Å². The summed E-state index contributed by atoms with van der Waals surface area (Å²) in [5.74, 6) is 0.880. The van der Waals surface area contributed by atoms with Crippen LogP contribution in [-0.4, -0.2) is 19.7 Å². The van der Waals surface area contributed by atoms with E-state index in [-0.39, 0.29) is 0 Å². The van der Waals surface area contributed by atoms with Crippen LogP contribution in [0.15, 0.2) is 66.1 Å². The molecule has 0 atom stereocenters. The first-order valence-corrected chi connectivity index (χ1v) is 9.13. The predicted octanol–water partition coefficient (Wildman–Crippen LogP) is 4.72. The summed E-state index contributed by atoms with van der Waals surface area (Å²) in [5, 5.41) is 6.46. The molecule has 0 unspecified atom stereocenters. The molecule has 0 aliphatic rings. The van der Waals surface area contributed by atoms with E-state index < -0.39 is 0 Å². The van der Waals surface area contributed by atoms with Gasteiger partial charge in [0, 0.05) is 5.75 Å². The molecule has 2 aromatic heterocycles. The van der Waals surface area contributed by atoms with Gasteiger partial charge < -0.3 is 0 Å². The number of nitrogens with zero attached hydrogens (tertiary/aromatic N) is 4. The number of benzene rings is 2. The Morgan fingerprint density at radius 2 is 1.72 bits per heavy atom. The first kappa shape index (κ1) is 15.8. The first-order valence-electron chi connectivity index (χ1n) is 8.15. The highest BCUT2D eigenvalue weighted by atomic mass is 32.2. The van der Waals surface area contributed by atoms with Crippen molar-refractivity contribution in [1.29, 1.82) is 0 Å². The van der Waals surface area contributed by atoms with Gasteiger partial charge in [-0.15, -0.1) is 11.8 Å². The van der Waals surface area contributed by atoms with E-state index in [2.05, 4.69) is 47.1 Å². The Hall–Kier alpha value is -2.66. The van der Waals surface area contributed by atoms with E-state index in [4.69, 9.17) is 0 Å². The summed E-state index contributed by atoms with van der Waals surface area (Å²) in [6.07, 6.45) is 3.47. The lowest BCUT2D eigenvalue weighted by Crippen LogP contribution is -1.97. The van der Waals surface area contributed by atoms with E-state index in [0.717, 1.165) is 27.5 Å². The van der Waals surface area contributed by atoms with Gasteiger partial charge in [0.05, 0.1) is 17.3 Å². The van der Waals surface area contributed by atoms with Crippen LogP contribution >= 0.6 is 11.8 Å². The molecule has 0 amide bonds. The van der Waals surface area contributed by atoms with Crippen LogP contribution in [0.5, 0.6) is 0 Å². The molecule has 0 aliphatic heterocycles. The maximum Gasteiger partial charge on any atom is 0.167 e. The highest BCUT2D eigenvalue weighted by molar-refractivity contribution is 7.98. The molecular weight excluding hydrogens is 328 g/mol. The molecule has 0 N–H and O–H groups in total. The molecule has 0 spiro atoms. The predicted molar refractivity (Wildman–Crippen MR) is 102 cm³/mol. The van der Waals surface area contributed by atoms with E-state index in [0.29, 0.717) is 0 Å². The fraction of sp³-hybridized carbons (Fsp3) is 0.150. The minimum atomic E-state index is 0.837. The molecule has 4 nitrogen and oxygen atoms in total. The van der Waals surface area contributed by atoms with Gasteiger partial charge in [-0.1, -0.05) is 47.5 Å². The van der Waals surface area contributed by atoms with Crippen molar-refractivity contribution in [2.75, 3.05) is 0 Å². The largest absolute Gasteiger partial charge is 0.229 e. The molecule has 25 heavy (non-hydrogen) atoms. The lowest BCUT2D eigenvalue weighted by molar-refractivity contribution is 0.893. The van der Waals surface area contributed by atoms with Crippen molar-refractivity contribution < 1.29 is 0 Å². The molecule has 2 heterocycles. The standard InChI is InChI=1S/C20H18N4S/c1-14-8-15(2)10-16(9-14)12-25-20-18-11-23-24(19(18)21-13-22-20)17-6-4-3-5-7-17/h3-11,13H,12H2,1-2H3. The Morgan fingerprint density at radius 1 is 0.960 bits per heavy atom. The van der Waals surface area contributed by atoms with Crippen molar-refractivity contribution >= 4 is 22.8 Å². The Labute approximate surface area is 150 Å². The quantitative estimate of drug-likeness (QED) is 0.396. The van der Waals surface area contributed by atoms with Crippen LogP contribution in [0.1, 0.15) is 16.7 Å². The van der Waals surface area contributed by atoms with Crippen LogP contribution in [0.25, 0.3) is 16.7 Å². The number of fused-ring (bicyclic) bond motifs is 1. The number of aromatic nitrogens is 4. The second kappa shape index (κ2) is 6.69. The average Bonchev–Trinajstić information content (AvgIpc) is 3.04. The number of thioether (sulfide) groups is 1. The SMILES string of the molecule is Cc1cc(C)cc(CSc2ncnc3c2cnn3-c2ccccc2)c1. The molecule has 0 fully saturated rings. The lowest BCUT2D eigenvalue weighted by Gasteiger charge is -2.06. The molecule has 0 saturated carbocycles. The first-order chi connectivity index (χ1) is 12.2. The van der Waals surface area contributed by atoms with Crippen LogP contribution < -0.4 is 0 Å². The molecule has 2 aromatic carbocycles.